The van der Waals surface area contributed by atoms with Crippen LogP contribution in [0.25, 0.3) is 5.65 Å². The second-order valence-corrected chi connectivity index (χ2v) is 13.2. The lowest BCUT2D eigenvalue weighted by atomic mass is 9.73. The van der Waals surface area contributed by atoms with Gasteiger partial charge in [-0.25, -0.2) is 19.7 Å². The van der Waals surface area contributed by atoms with Crippen LogP contribution in [-0.2, 0) is 22.6 Å². The number of aromatic nitrogens is 4. The summed E-state index contributed by atoms with van der Waals surface area (Å²) in [5, 5.41) is 14.5. The number of anilines is 1. The molecule has 2 fully saturated rings. The summed E-state index contributed by atoms with van der Waals surface area (Å²) in [4.78, 5) is 29.7. The van der Waals surface area contributed by atoms with E-state index in [1.165, 1.54) is 11.8 Å². The molecule has 0 unspecified atom stereocenters. The number of halogens is 1. The van der Waals surface area contributed by atoms with Gasteiger partial charge in [0.05, 0.1) is 41.8 Å². The number of carbonyl (C=O) groups is 1. The number of carbonyl (C=O) groups excluding carboxylic acids is 1. The number of nitrogens with one attached hydrogen (secondary N) is 1. The van der Waals surface area contributed by atoms with Crippen LogP contribution in [0, 0.1) is 12.3 Å². The molecular formula is C28H38ClN7O4S. The Morgan fingerprint density at radius 2 is 2.05 bits per heavy atom. The number of rotatable bonds is 6. The van der Waals surface area contributed by atoms with Crippen LogP contribution in [0.5, 0.6) is 0 Å². The Bertz CT molecular complexity index is 1440. The largest absolute Gasteiger partial charge is 0.444 e. The van der Waals surface area contributed by atoms with Gasteiger partial charge in [-0.05, 0) is 53.5 Å². The Hall–Kier alpha value is -2.64. The summed E-state index contributed by atoms with van der Waals surface area (Å²) >= 11 is 8.08. The minimum Gasteiger partial charge on any atom is -0.444 e. The fourth-order valence-electron chi connectivity index (χ4n) is 5.62. The van der Waals surface area contributed by atoms with Crippen molar-refractivity contribution in [1.82, 2.24) is 24.7 Å². The monoisotopic (exact) mass is 603 g/mol. The van der Waals surface area contributed by atoms with Crippen molar-refractivity contribution in [3.63, 3.8) is 0 Å². The first-order chi connectivity index (χ1) is 19.4. The first-order valence-electron chi connectivity index (χ1n) is 13.8. The number of aliphatic hydroxyl groups is 1. The Balaban J connectivity index is 1.32. The zero-order valence-corrected chi connectivity index (χ0v) is 25.7. The number of ether oxygens (including phenoxy) is 2. The molecule has 2 atom stereocenters. The molecule has 5 heterocycles. The van der Waals surface area contributed by atoms with Crippen LogP contribution in [0.1, 0.15) is 57.6 Å². The van der Waals surface area contributed by atoms with Crippen molar-refractivity contribution >= 4 is 40.9 Å². The molecule has 0 saturated carbocycles. The molecule has 2 saturated heterocycles. The lowest BCUT2D eigenvalue weighted by Crippen LogP contribution is -2.55. The lowest BCUT2D eigenvalue weighted by molar-refractivity contribution is 0.0434. The number of imidazole rings is 1. The number of nitrogens with two attached hydrogens (primary N) is 1. The van der Waals surface area contributed by atoms with E-state index in [0.29, 0.717) is 53.4 Å². The van der Waals surface area contributed by atoms with Gasteiger partial charge in [0.25, 0.3) is 0 Å². The molecule has 2 aliphatic heterocycles. The van der Waals surface area contributed by atoms with Gasteiger partial charge < -0.3 is 34.9 Å². The van der Waals surface area contributed by atoms with Crippen molar-refractivity contribution in [2.75, 3.05) is 24.6 Å². The molecule has 0 bridgehead atoms. The Kier molecular flexibility index (Phi) is 8.41. The van der Waals surface area contributed by atoms with Gasteiger partial charge >= 0.3 is 6.09 Å². The highest BCUT2D eigenvalue weighted by Gasteiger charge is 2.50. The minimum atomic E-state index is -0.573. The third-order valence-electron chi connectivity index (χ3n) is 7.72. The van der Waals surface area contributed by atoms with Gasteiger partial charge in [-0.15, -0.1) is 0 Å². The summed E-state index contributed by atoms with van der Waals surface area (Å²) in [7, 11) is 0. The van der Waals surface area contributed by atoms with Crippen LogP contribution in [-0.4, -0.2) is 68.0 Å². The third kappa shape index (κ3) is 6.12. The molecule has 1 amide bonds. The number of nitrogens with zero attached hydrogens (tertiary/aromatic N) is 5. The number of fused-ring (bicyclic) bond motifs is 1. The van der Waals surface area contributed by atoms with Gasteiger partial charge in [-0.2, -0.15) is 0 Å². The summed E-state index contributed by atoms with van der Waals surface area (Å²) in [6.45, 7) is 11.5. The van der Waals surface area contributed by atoms with E-state index in [2.05, 4.69) is 15.2 Å². The van der Waals surface area contributed by atoms with Crippen LogP contribution >= 0.6 is 23.4 Å². The number of alkyl carbamates (subject to hydrolysis) is 1. The Labute approximate surface area is 249 Å². The summed E-state index contributed by atoms with van der Waals surface area (Å²) in [6.07, 6.45) is 4.80. The lowest BCUT2D eigenvalue weighted by Gasteiger charge is -2.43. The highest BCUT2D eigenvalue weighted by atomic mass is 35.5. The van der Waals surface area contributed by atoms with E-state index in [4.69, 9.17) is 36.8 Å². The Morgan fingerprint density at radius 1 is 1.32 bits per heavy atom. The van der Waals surface area contributed by atoms with E-state index in [9.17, 15) is 9.90 Å². The number of amides is 1. The molecule has 41 heavy (non-hydrogen) atoms. The molecule has 5 rings (SSSR count). The van der Waals surface area contributed by atoms with Crippen molar-refractivity contribution in [3.8, 4) is 0 Å². The topological polar surface area (TPSA) is 140 Å². The second-order valence-electron chi connectivity index (χ2n) is 11.8. The molecule has 222 valence electrons. The zero-order valence-electron chi connectivity index (χ0n) is 24.1. The molecule has 0 aliphatic carbocycles. The maximum atomic E-state index is 12.6. The summed E-state index contributed by atoms with van der Waals surface area (Å²) in [5.74, 6) is 0.676. The van der Waals surface area contributed by atoms with Gasteiger partial charge in [-0.3, -0.25) is 0 Å². The number of hydrogen-bond acceptors (Lipinski definition) is 10. The molecule has 3 aromatic heterocycles. The van der Waals surface area contributed by atoms with Gasteiger partial charge in [0.15, 0.2) is 11.5 Å². The number of piperidine rings is 1. The smallest absolute Gasteiger partial charge is 0.407 e. The fraction of sp³-hybridized carbons (Fsp3) is 0.571. The van der Waals surface area contributed by atoms with E-state index >= 15 is 0 Å². The maximum Gasteiger partial charge on any atom is 0.407 e. The molecule has 1 spiro atoms. The van der Waals surface area contributed by atoms with Crippen LogP contribution in [0.2, 0.25) is 5.02 Å². The normalized spacial score (nSPS) is 20.6. The van der Waals surface area contributed by atoms with Crippen molar-refractivity contribution in [2.45, 2.75) is 88.3 Å². The van der Waals surface area contributed by atoms with Gasteiger partial charge in [0.1, 0.15) is 16.3 Å². The number of pyridine rings is 1. The van der Waals surface area contributed by atoms with E-state index in [0.717, 1.165) is 29.1 Å². The highest BCUT2D eigenvalue weighted by molar-refractivity contribution is 7.99. The molecule has 4 N–H and O–H groups in total. The predicted molar refractivity (Wildman–Crippen MR) is 157 cm³/mol. The van der Waals surface area contributed by atoms with Crippen molar-refractivity contribution in [3.05, 3.63) is 40.6 Å². The summed E-state index contributed by atoms with van der Waals surface area (Å²) in [6, 6.07) is 1.76. The van der Waals surface area contributed by atoms with Crippen LogP contribution < -0.4 is 16.0 Å². The molecule has 0 radical (unpaired) electrons. The quantitative estimate of drug-likeness (QED) is 0.377. The van der Waals surface area contributed by atoms with E-state index in [1.54, 1.807) is 0 Å². The first-order valence-corrected chi connectivity index (χ1v) is 15.0. The Morgan fingerprint density at radius 3 is 2.71 bits per heavy atom. The van der Waals surface area contributed by atoms with Crippen molar-refractivity contribution in [2.24, 2.45) is 11.1 Å². The van der Waals surface area contributed by atoms with E-state index in [-0.39, 0.29) is 24.2 Å². The second kappa shape index (κ2) is 11.6. The van der Waals surface area contributed by atoms with Crippen LogP contribution in [0.4, 0.5) is 10.6 Å². The molecule has 2 aliphatic rings. The average molecular weight is 604 g/mol. The SMILES string of the molecule is Cc1nc(N2CCC3(CC2)CO[C@@H](C)[C@H]3NC(=O)OC(C)(C)C)c(CO)nc1Sc1ccn2cc(CN)nc2c1Cl. The number of aryl methyl sites for hydroxylation is 1. The molecular weight excluding hydrogens is 566 g/mol. The predicted octanol–water partition coefficient (Wildman–Crippen LogP) is 4.09. The number of hydrogen-bond donors (Lipinski definition) is 3. The van der Waals surface area contributed by atoms with Gasteiger partial charge in [0, 0.05) is 42.3 Å². The molecule has 13 heteroatoms. The first kappa shape index (κ1) is 29.8. The third-order valence-corrected chi connectivity index (χ3v) is 9.34. The fourth-order valence-corrected chi connectivity index (χ4v) is 6.81. The summed E-state index contributed by atoms with van der Waals surface area (Å²) < 4.78 is 13.4. The maximum absolute atomic E-state index is 12.6. The number of aliphatic hydroxyl groups excluding tert-OH is 1. The highest BCUT2D eigenvalue weighted by Crippen LogP contribution is 2.44. The van der Waals surface area contributed by atoms with Crippen molar-refractivity contribution < 1.29 is 19.4 Å². The average Bonchev–Trinajstić information content (AvgIpc) is 3.48. The standard InChI is InChI=1S/C28H38ClN7O4S/c1-16-25(41-20-6-9-36-13-18(12-30)32-24(36)21(20)29)33-19(14-37)23(31-16)35-10-7-28(8-11-35)15-39-17(2)22(28)34-26(38)40-27(3,4)5/h6,9,13,17,22,37H,7-8,10-12,14-15,30H2,1-5H3,(H,34,38)/t17-,22+/m0/s1. The zero-order chi connectivity index (χ0) is 29.5. The van der Waals surface area contributed by atoms with E-state index < -0.39 is 11.7 Å². The van der Waals surface area contributed by atoms with Gasteiger partial charge in [0.2, 0.25) is 0 Å². The van der Waals surface area contributed by atoms with Gasteiger partial charge in [-0.1, -0.05) is 23.4 Å². The molecule has 0 aromatic carbocycles. The summed E-state index contributed by atoms with van der Waals surface area (Å²) in [5.41, 5.74) is 7.61. The minimum absolute atomic E-state index is 0.115. The molecule has 3 aromatic rings. The van der Waals surface area contributed by atoms with Crippen LogP contribution in [0.15, 0.2) is 28.4 Å². The van der Waals surface area contributed by atoms with Crippen molar-refractivity contribution in [1.29, 1.82) is 0 Å². The molecule has 11 nitrogen and oxygen atoms in total. The van der Waals surface area contributed by atoms with E-state index in [1.807, 2.05) is 57.5 Å². The van der Waals surface area contributed by atoms with Crippen LogP contribution in [0.3, 0.4) is 0 Å².